The Balaban J connectivity index is 1.85. The van der Waals surface area contributed by atoms with E-state index in [0.717, 1.165) is 17.3 Å². The number of hydrogen-bond donors (Lipinski definition) is 1. The molecule has 0 aromatic heterocycles. The Morgan fingerprint density at radius 3 is 2.57 bits per heavy atom. The molecule has 0 amide bonds. The van der Waals surface area contributed by atoms with Crippen molar-refractivity contribution < 1.29 is 4.74 Å². The molecular formula is C18H20ClNO. The van der Waals surface area contributed by atoms with Gasteiger partial charge in [0.05, 0.1) is 6.61 Å². The highest BCUT2D eigenvalue weighted by Gasteiger charge is 2.20. The van der Waals surface area contributed by atoms with Crippen LogP contribution >= 0.6 is 11.6 Å². The number of rotatable bonds is 6. The third-order valence-electron chi connectivity index (χ3n) is 3.71. The average Bonchev–Trinajstić information content (AvgIpc) is 3.31. The topological polar surface area (TPSA) is 21.3 Å². The maximum absolute atomic E-state index is 6.18. The van der Waals surface area contributed by atoms with Crippen LogP contribution in [0.25, 0.3) is 11.1 Å². The fourth-order valence-electron chi connectivity index (χ4n) is 2.41. The molecule has 1 aliphatic rings. The lowest BCUT2D eigenvalue weighted by Crippen LogP contribution is -2.15. The lowest BCUT2D eigenvalue weighted by molar-refractivity contribution is 0.340. The summed E-state index contributed by atoms with van der Waals surface area (Å²) in [4.78, 5) is 0. The van der Waals surface area contributed by atoms with Gasteiger partial charge in [-0.2, -0.15) is 0 Å². The van der Waals surface area contributed by atoms with Crippen LogP contribution in [0.3, 0.4) is 0 Å². The zero-order valence-electron chi connectivity index (χ0n) is 12.2. The van der Waals surface area contributed by atoms with E-state index in [1.165, 1.54) is 29.5 Å². The van der Waals surface area contributed by atoms with Gasteiger partial charge in [0.15, 0.2) is 0 Å². The molecule has 0 heterocycles. The Hall–Kier alpha value is -1.51. The molecule has 3 heteroatoms. The van der Waals surface area contributed by atoms with Gasteiger partial charge in [-0.05, 0) is 60.7 Å². The lowest BCUT2D eigenvalue weighted by atomic mass is 9.99. The van der Waals surface area contributed by atoms with Crippen LogP contribution in [0.4, 0.5) is 0 Å². The summed E-state index contributed by atoms with van der Waals surface area (Å²) in [6.07, 6.45) is 2.60. The smallest absolute Gasteiger partial charge is 0.119 e. The summed E-state index contributed by atoms with van der Waals surface area (Å²) >= 11 is 6.18. The third kappa shape index (κ3) is 3.78. The van der Waals surface area contributed by atoms with Gasteiger partial charge >= 0.3 is 0 Å². The first-order valence-corrected chi connectivity index (χ1v) is 7.89. The molecule has 2 aromatic rings. The van der Waals surface area contributed by atoms with Gasteiger partial charge in [-0.25, -0.2) is 0 Å². The van der Waals surface area contributed by atoms with Crippen LogP contribution < -0.4 is 10.1 Å². The summed E-state index contributed by atoms with van der Waals surface area (Å²) in [5, 5.41) is 4.34. The highest BCUT2D eigenvalue weighted by molar-refractivity contribution is 6.30. The van der Waals surface area contributed by atoms with Crippen molar-refractivity contribution in [3.8, 4) is 16.9 Å². The zero-order chi connectivity index (χ0) is 14.7. The quantitative estimate of drug-likeness (QED) is 0.838. The van der Waals surface area contributed by atoms with Gasteiger partial charge in [0.1, 0.15) is 5.75 Å². The fourth-order valence-corrected chi connectivity index (χ4v) is 2.58. The van der Waals surface area contributed by atoms with Gasteiger partial charge in [-0.3, -0.25) is 0 Å². The number of benzene rings is 2. The van der Waals surface area contributed by atoms with E-state index in [1.807, 2.05) is 31.2 Å². The first-order chi connectivity index (χ1) is 10.3. The lowest BCUT2D eigenvalue weighted by Gasteiger charge is -2.12. The SMILES string of the molecule is CCOc1ccc(-c2cc(Cl)ccc2CNC2CC2)cc1. The monoisotopic (exact) mass is 301 g/mol. The Morgan fingerprint density at radius 1 is 1.14 bits per heavy atom. The predicted molar refractivity (Wildman–Crippen MR) is 87.9 cm³/mol. The van der Waals surface area contributed by atoms with Crippen LogP contribution in [0.1, 0.15) is 25.3 Å². The Morgan fingerprint density at radius 2 is 1.90 bits per heavy atom. The van der Waals surface area contributed by atoms with Crippen LogP contribution in [0.5, 0.6) is 5.75 Å². The zero-order valence-corrected chi connectivity index (χ0v) is 13.0. The molecule has 1 aliphatic carbocycles. The molecule has 0 bridgehead atoms. The number of hydrogen-bond acceptors (Lipinski definition) is 2. The van der Waals surface area contributed by atoms with Crippen molar-refractivity contribution in [1.29, 1.82) is 0 Å². The molecule has 1 N–H and O–H groups in total. The molecule has 0 radical (unpaired) electrons. The number of nitrogens with one attached hydrogen (secondary N) is 1. The van der Waals surface area contributed by atoms with E-state index in [4.69, 9.17) is 16.3 Å². The number of halogens is 1. The first-order valence-electron chi connectivity index (χ1n) is 7.51. The molecule has 2 nitrogen and oxygen atoms in total. The molecule has 3 rings (SSSR count). The van der Waals surface area contributed by atoms with Gasteiger partial charge in [0, 0.05) is 17.6 Å². The fraction of sp³-hybridized carbons (Fsp3) is 0.333. The van der Waals surface area contributed by atoms with Crippen molar-refractivity contribution >= 4 is 11.6 Å². The second-order valence-electron chi connectivity index (χ2n) is 5.41. The molecule has 0 atom stereocenters. The van der Waals surface area contributed by atoms with Crippen molar-refractivity contribution in [3.63, 3.8) is 0 Å². The van der Waals surface area contributed by atoms with Gasteiger partial charge in [-0.15, -0.1) is 0 Å². The van der Waals surface area contributed by atoms with E-state index in [1.54, 1.807) is 0 Å². The summed E-state index contributed by atoms with van der Waals surface area (Å²) in [6, 6.07) is 15.0. The van der Waals surface area contributed by atoms with Crippen molar-refractivity contribution in [2.45, 2.75) is 32.4 Å². The highest BCUT2D eigenvalue weighted by Crippen LogP contribution is 2.29. The molecule has 0 unspecified atom stereocenters. The summed E-state index contributed by atoms with van der Waals surface area (Å²) < 4.78 is 5.50. The summed E-state index contributed by atoms with van der Waals surface area (Å²) in [5.41, 5.74) is 3.66. The van der Waals surface area contributed by atoms with Crippen LogP contribution in [0.2, 0.25) is 5.02 Å². The minimum absolute atomic E-state index is 0.688. The number of ether oxygens (including phenoxy) is 1. The van der Waals surface area contributed by atoms with E-state index in [2.05, 4.69) is 23.5 Å². The van der Waals surface area contributed by atoms with E-state index in [9.17, 15) is 0 Å². The van der Waals surface area contributed by atoms with E-state index < -0.39 is 0 Å². The summed E-state index contributed by atoms with van der Waals surface area (Å²) in [7, 11) is 0. The molecule has 0 aliphatic heterocycles. The van der Waals surface area contributed by atoms with Crippen molar-refractivity contribution in [2.75, 3.05) is 6.61 Å². The maximum Gasteiger partial charge on any atom is 0.119 e. The average molecular weight is 302 g/mol. The Kier molecular flexibility index (Phi) is 4.47. The van der Waals surface area contributed by atoms with Crippen LogP contribution in [-0.4, -0.2) is 12.6 Å². The molecule has 0 saturated heterocycles. The minimum Gasteiger partial charge on any atom is -0.494 e. The first kappa shape index (κ1) is 14.4. The highest BCUT2D eigenvalue weighted by atomic mass is 35.5. The van der Waals surface area contributed by atoms with Gasteiger partial charge < -0.3 is 10.1 Å². The second kappa shape index (κ2) is 6.50. The van der Waals surface area contributed by atoms with E-state index in [-0.39, 0.29) is 0 Å². The van der Waals surface area contributed by atoms with Gasteiger partial charge in [0.25, 0.3) is 0 Å². The van der Waals surface area contributed by atoms with Crippen LogP contribution in [-0.2, 0) is 6.54 Å². The molecule has 1 saturated carbocycles. The third-order valence-corrected chi connectivity index (χ3v) is 3.94. The molecule has 110 valence electrons. The van der Waals surface area contributed by atoms with Crippen LogP contribution in [0.15, 0.2) is 42.5 Å². The molecule has 2 aromatic carbocycles. The normalized spacial score (nSPS) is 14.2. The molecule has 0 spiro atoms. The second-order valence-corrected chi connectivity index (χ2v) is 5.85. The molecule has 21 heavy (non-hydrogen) atoms. The van der Waals surface area contributed by atoms with Gasteiger partial charge in [-0.1, -0.05) is 29.8 Å². The van der Waals surface area contributed by atoms with Gasteiger partial charge in [0.2, 0.25) is 0 Å². The Bertz CT molecular complexity index is 605. The largest absolute Gasteiger partial charge is 0.494 e. The minimum atomic E-state index is 0.688. The van der Waals surface area contributed by atoms with E-state index in [0.29, 0.717) is 12.6 Å². The summed E-state index contributed by atoms with van der Waals surface area (Å²) in [6.45, 7) is 3.57. The van der Waals surface area contributed by atoms with Crippen molar-refractivity contribution in [1.82, 2.24) is 5.32 Å². The van der Waals surface area contributed by atoms with E-state index >= 15 is 0 Å². The maximum atomic E-state index is 6.18. The van der Waals surface area contributed by atoms with Crippen molar-refractivity contribution in [2.24, 2.45) is 0 Å². The molecule has 1 fully saturated rings. The summed E-state index contributed by atoms with van der Waals surface area (Å²) in [5.74, 6) is 0.904. The van der Waals surface area contributed by atoms with Crippen molar-refractivity contribution in [3.05, 3.63) is 53.1 Å². The van der Waals surface area contributed by atoms with Crippen LogP contribution in [0, 0.1) is 0 Å². The standard InChI is InChI=1S/C18H20ClNO/c1-2-21-17-9-4-13(5-10-17)18-11-15(19)6-3-14(18)12-20-16-7-8-16/h3-6,9-11,16,20H,2,7-8,12H2,1H3. The predicted octanol–water partition coefficient (Wildman–Crippen LogP) is 4.66. The molecular weight excluding hydrogens is 282 g/mol. The Labute approximate surface area is 131 Å².